The summed E-state index contributed by atoms with van der Waals surface area (Å²) in [4.78, 5) is 20.6. The van der Waals surface area contributed by atoms with Gasteiger partial charge in [0.15, 0.2) is 0 Å². The van der Waals surface area contributed by atoms with Gasteiger partial charge in [0.2, 0.25) is 15.9 Å². The summed E-state index contributed by atoms with van der Waals surface area (Å²) in [6.07, 6.45) is -5.55. The Morgan fingerprint density at radius 2 is 1.76 bits per heavy atom. The van der Waals surface area contributed by atoms with Crippen LogP contribution in [0.4, 0.5) is 22.0 Å². The Morgan fingerprint density at radius 1 is 1.08 bits per heavy atom. The Labute approximate surface area is 208 Å². The third kappa shape index (κ3) is 6.38. The fraction of sp³-hybridized carbons (Fsp3) is 0.261. The average Bonchev–Trinajstić information content (AvgIpc) is 3.25. The fourth-order valence-electron chi connectivity index (χ4n) is 3.78. The van der Waals surface area contributed by atoms with Gasteiger partial charge in [-0.2, -0.15) is 4.31 Å². The van der Waals surface area contributed by atoms with E-state index >= 15 is 0 Å². The molecule has 2 atom stereocenters. The molecule has 0 bridgehead atoms. The molecule has 1 aliphatic heterocycles. The maximum atomic E-state index is 14.2. The lowest BCUT2D eigenvalue weighted by atomic mass is 10.1. The number of nitrogens with zero attached hydrogens (tertiary/aromatic N) is 3. The fourth-order valence-corrected chi connectivity index (χ4v) is 5.40. The largest absolute Gasteiger partial charge is 0.573 e. The summed E-state index contributed by atoms with van der Waals surface area (Å²) < 4.78 is 94.9. The molecule has 37 heavy (non-hydrogen) atoms. The van der Waals surface area contributed by atoms with Crippen molar-refractivity contribution in [1.82, 2.24) is 19.6 Å². The molecule has 3 aromatic rings. The van der Waals surface area contributed by atoms with Crippen molar-refractivity contribution < 1.29 is 39.9 Å². The van der Waals surface area contributed by atoms with Crippen molar-refractivity contribution in [1.29, 1.82) is 0 Å². The molecule has 2 heterocycles. The monoisotopic (exact) mass is 542 g/mol. The molecule has 14 heteroatoms. The van der Waals surface area contributed by atoms with Crippen LogP contribution in [0.25, 0.3) is 11.3 Å². The van der Waals surface area contributed by atoms with Crippen LogP contribution in [0.5, 0.6) is 5.75 Å². The first-order valence-corrected chi connectivity index (χ1v) is 12.2. The molecule has 1 aromatic heterocycles. The van der Waals surface area contributed by atoms with E-state index < -0.39 is 52.6 Å². The summed E-state index contributed by atoms with van der Waals surface area (Å²) in [5.41, 5.74) is 1.12. The molecular weight excluding hydrogens is 523 g/mol. The van der Waals surface area contributed by atoms with E-state index in [4.69, 9.17) is 0 Å². The predicted molar refractivity (Wildman–Crippen MR) is 120 cm³/mol. The van der Waals surface area contributed by atoms with Crippen molar-refractivity contribution in [3.63, 3.8) is 0 Å². The Hall–Kier alpha value is -3.65. The third-order valence-corrected chi connectivity index (χ3v) is 7.37. The van der Waals surface area contributed by atoms with Gasteiger partial charge in [-0.25, -0.2) is 27.2 Å². The van der Waals surface area contributed by atoms with E-state index in [0.717, 1.165) is 40.7 Å². The molecule has 1 amide bonds. The molecule has 0 saturated carbocycles. The molecule has 4 rings (SSSR count). The maximum absolute atomic E-state index is 14.2. The molecule has 0 spiro atoms. The number of hydrogen-bond acceptors (Lipinski definition) is 6. The predicted octanol–water partition coefficient (Wildman–Crippen LogP) is 3.60. The second kappa shape index (κ2) is 10.4. The second-order valence-corrected chi connectivity index (χ2v) is 9.95. The summed E-state index contributed by atoms with van der Waals surface area (Å²) in [7, 11) is -4.26. The van der Waals surface area contributed by atoms with E-state index in [0.29, 0.717) is 17.0 Å². The van der Waals surface area contributed by atoms with Gasteiger partial charge in [0.25, 0.3) is 0 Å². The zero-order chi connectivity index (χ0) is 26.8. The smallest absolute Gasteiger partial charge is 0.406 e. The van der Waals surface area contributed by atoms with Crippen LogP contribution in [0.2, 0.25) is 0 Å². The van der Waals surface area contributed by atoms with Crippen LogP contribution in [0.3, 0.4) is 0 Å². The van der Waals surface area contributed by atoms with Crippen LogP contribution < -0.4 is 10.1 Å². The molecule has 0 radical (unpaired) electrons. The summed E-state index contributed by atoms with van der Waals surface area (Å²) in [5, 5.41) is 2.53. The van der Waals surface area contributed by atoms with Gasteiger partial charge in [-0.1, -0.05) is 0 Å². The van der Waals surface area contributed by atoms with Crippen molar-refractivity contribution in [2.75, 3.05) is 6.54 Å². The first kappa shape index (κ1) is 26.4. The van der Waals surface area contributed by atoms with Crippen molar-refractivity contribution in [2.24, 2.45) is 0 Å². The standard InChI is InChI=1S/C23H19F5N4O4S/c24-15-3-7-19(8-4-15)37(34,35)32-12-16(25)9-21(32)22(33)29-11-17-10-20(31-13-30-17)14-1-5-18(6-2-14)36-23(26,27)28/h1-8,10,13,16,21H,9,11-12H2,(H,29,33). The molecule has 8 nitrogen and oxygen atoms in total. The number of benzene rings is 2. The van der Waals surface area contributed by atoms with E-state index in [1.807, 2.05) is 0 Å². The minimum absolute atomic E-state index is 0.151. The molecule has 2 unspecified atom stereocenters. The zero-order valence-electron chi connectivity index (χ0n) is 18.8. The number of sulfonamides is 1. The van der Waals surface area contributed by atoms with Crippen LogP contribution in [0.1, 0.15) is 12.1 Å². The number of carbonyl (C=O) groups excluding carboxylic acids is 1. The van der Waals surface area contributed by atoms with E-state index in [9.17, 15) is 35.2 Å². The molecule has 1 N–H and O–H groups in total. The number of aromatic nitrogens is 2. The van der Waals surface area contributed by atoms with Crippen LogP contribution in [0, 0.1) is 5.82 Å². The lowest BCUT2D eigenvalue weighted by Gasteiger charge is -2.23. The normalized spacial score (nSPS) is 18.5. The topological polar surface area (TPSA) is 101 Å². The molecule has 1 aliphatic rings. The highest BCUT2D eigenvalue weighted by molar-refractivity contribution is 7.89. The van der Waals surface area contributed by atoms with Gasteiger partial charge in [-0.15, -0.1) is 13.2 Å². The minimum Gasteiger partial charge on any atom is -0.406 e. The van der Waals surface area contributed by atoms with Gasteiger partial charge in [0.1, 0.15) is 30.1 Å². The van der Waals surface area contributed by atoms with E-state index in [1.165, 1.54) is 24.5 Å². The summed E-state index contributed by atoms with van der Waals surface area (Å²) in [5.74, 6) is -1.80. The summed E-state index contributed by atoms with van der Waals surface area (Å²) >= 11 is 0. The Kier molecular flexibility index (Phi) is 7.41. The van der Waals surface area contributed by atoms with Crippen molar-refractivity contribution in [2.45, 2.75) is 36.4 Å². The van der Waals surface area contributed by atoms with Crippen LogP contribution in [-0.2, 0) is 21.4 Å². The summed E-state index contributed by atoms with van der Waals surface area (Å²) in [6, 6.07) is 9.11. The molecule has 196 valence electrons. The number of halogens is 5. The van der Waals surface area contributed by atoms with Crippen LogP contribution >= 0.6 is 0 Å². The average molecular weight is 542 g/mol. The van der Waals surface area contributed by atoms with Crippen molar-refractivity contribution in [3.05, 3.63) is 72.4 Å². The molecule has 1 saturated heterocycles. The van der Waals surface area contributed by atoms with Crippen molar-refractivity contribution in [3.8, 4) is 17.0 Å². The van der Waals surface area contributed by atoms with E-state index in [-0.39, 0.29) is 17.9 Å². The number of rotatable bonds is 7. The number of ether oxygens (including phenoxy) is 1. The highest BCUT2D eigenvalue weighted by Gasteiger charge is 2.44. The number of nitrogens with one attached hydrogen (secondary N) is 1. The molecular formula is C23H19F5N4O4S. The lowest BCUT2D eigenvalue weighted by molar-refractivity contribution is -0.274. The third-order valence-electron chi connectivity index (χ3n) is 5.48. The maximum Gasteiger partial charge on any atom is 0.573 e. The molecule has 0 aliphatic carbocycles. The Balaban J connectivity index is 1.44. The van der Waals surface area contributed by atoms with Gasteiger partial charge in [0, 0.05) is 18.5 Å². The van der Waals surface area contributed by atoms with Gasteiger partial charge in [-0.3, -0.25) is 4.79 Å². The SMILES string of the molecule is O=C(NCc1cc(-c2ccc(OC(F)(F)F)cc2)ncn1)C1CC(F)CN1S(=O)(=O)c1ccc(F)cc1. The quantitative estimate of drug-likeness (QED) is 0.458. The van der Waals surface area contributed by atoms with Gasteiger partial charge >= 0.3 is 6.36 Å². The first-order valence-electron chi connectivity index (χ1n) is 10.8. The molecule has 1 fully saturated rings. The van der Waals surface area contributed by atoms with Gasteiger partial charge < -0.3 is 10.1 Å². The number of hydrogen-bond donors (Lipinski definition) is 1. The van der Waals surface area contributed by atoms with E-state index in [1.54, 1.807) is 0 Å². The number of carbonyl (C=O) groups is 1. The zero-order valence-corrected chi connectivity index (χ0v) is 19.6. The minimum atomic E-state index is -4.82. The Morgan fingerprint density at radius 3 is 2.41 bits per heavy atom. The van der Waals surface area contributed by atoms with Crippen molar-refractivity contribution >= 4 is 15.9 Å². The summed E-state index contributed by atoms with van der Waals surface area (Å²) in [6.45, 7) is -0.676. The first-order chi connectivity index (χ1) is 17.4. The Bertz CT molecular complexity index is 1370. The van der Waals surface area contributed by atoms with Gasteiger partial charge in [0.05, 0.1) is 22.8 Å². The van der Waals surface area contributed by atoms with E-state index in [2.05, 4.69) is 20.0 Å². The molecule has 2 aromatic carbocycles. The highest BCUT2D eigenvalue weighted by atomic mass is 32.2. The number of amides is 1. The second-order valence-electron chi connectivity index (χ2n) is 8.06. The highest BCUT2D eigenvalue weighted by Crippen LogP contribution is 2.29. The van der Waals surface area contributed by atoms with Gasteiger partial charge in [-0.05, 0) is 54.6 Å². The lowest BCUT2D eigenvalue weighted by Crippen LogP contribution is -2.45. The van der Waals surface area contributed by atoms with Crippen LogP contribution in [-0.4, -0.2) is 53.7 Å². The van der Waals surface area contributed by atoms with Crippen LogP contribution in [0.15, 0.2) is 65.8 Å². The number of alkyl halides is 4.